The lowest BCUT2D eigenvalue weighted by Gasteiger charge is -2.28. The van der Waals surface area contributed by atoms with Gasteiger partial charge in [0, 0.05) is 0 Å². The van der Waals surface area contributed by atoms with E-state index >= 15 is 0 Å². The second kappa shape index (κ2) is 9.48. The molecule has 0 aliphatic rings. The summed E-state index contributed by atoms with van der Waals surface area (Å²) in [5, 5.41) is 18.9. The fraction of sp³-hybridized carbons (Fsp3) is 0.0667. The highest BCUT2D eigenvalue weighted by Crippen LogP contribution is 2.58. The van der Waals surface area contributed by atoms with Crippen molar-refractivity contribution in [1.29, 1.82) is 5.26 Å². The summed E-state index contributed by atoms with van der Waals surface area (Å²) in [7, 11) is -2.16. The molecule has 0 fully saturated rings. The SMILES string of the molecule is Cc1nn(-c2ccccc2)c(C[P+](c2ccccc2)(c2ccccc2)c2ccccc2)c1C#N. The molecule has 0 saturated heterocycles. The molecular formula is C30H25N3P+. The van der Waals surface area contributed by atoms with Crippen molar-refractivity contribution in [2.75, 3.05) is 0 Å². The maximum Gasteiger partial charge on any atom is 0.118 e. The van der Waals surface area contributed by atoms with E-state index in [1.54, 1.807) is 0 Å². The van der Waals surface area contributed by atoms with Crippen LogP contribution in [0.4, 0.5) is 0 Å². The van der Waals surface area contributed by atoms with Gasteiger partial charge in [-0.05, 0) is 55.5 Å². The zero-order valence-corrected chi connectivity index (χ0v) is 19.9. The molecule has 4 heteroatoms. The van der Waals surface area contributed by atoms with E-state index in [2.05, 4.69) is 97.1 Å². The van der Waals surface area contributed by atoms with Gasteiger partial charge in [-0.15, -0.1) is 0 Å². The van der Waals surface area contributed by atoms with Crippen LogP contribution in [0.3, 0.4) is 0 Å². The van der Waals surface area contributed by atoms with Gasteiger partial charge in [-0.3, -0.25) is 0 Å². The van der Waals surface area contributed by atoms with E-state index < -0.39 is 7.26 Å². The summed E-state index contributed by atoms with van der Waals surface area (Å²) < 4.78 is 1.97. The monoisotopic (exact) mass is 458 g/mol. The maximum atomic E-state index is 10.2. The number of nitriles is 1. The zero-order chi connectivity index (χ0) is 23.4. The molecule has 0 amide bonds. The van der Waals surface area contributed by atoms with Crippen LogP contribution in [-0.2, 0) is 6.16 Å². The third-order valence-corrected chi connectivity index (χ3v) is 10.6. The number of rotatable bonds is 6. The number of hydrogen-bond donors (Lipinski definition) is 0. The predicted molar refractivity (Wildman–Crippen MR) is 142 cm³/mol. The summed E-state index contributed by atoms with van der Waals surface area (Å²) in [5.74, 6) is 0. The van der Waals surface area contributed by atoms with Crippen molar-refractivity contribution in [2.45, 2.75) is 13.1 Å². The van der Waals surface area contributed by atoms with Crippen molar-refractivity contribution in [2.24, 2.45) is 0 Å². The fourth-order valence-corrected chi connectivity index (χ4v) is 8.87. The Kier molecular flexibility index (Phi) is 6.09. The minimum absolute atomic E-state index is 0.663. The van der Waals surface area contributed by atoms with E-state index in [9.17, 15) is 5.26 Å². The van der Waals surface area contributed by atoms with Crippen LogP contribution in [0.25, 0.3) is 5.69 Å². The van der Waals surface area contributed by atoms with E-state index in [0.717, 1.165) is 17.1 Å². The van der Waals surface area contributed by atoms with Gasteiger partial charge < -0.3 is 0 Å². The molecule has 4 aromatic carbocycles. The second-order valence-corrected chi connectivity index (χ2v) is 11.7. The molecule has 0 unspecified atom stereocenters. The molecule has 0 aliphatic heterocycles. The molecule has 5 rings (SSSR count). The molecule has 0 spiro atoms. The highest BCUT2D eigenvalue weighted by atomic mass is 31.2. The van der Waals surface area contributed by atoms with Gasteiger partial charge in [-0.2, -0.15) is 10.4 Å². The Labute approximate surface area is 201 Å². The van der Waals surface area contributed by atoms with Crippen LogP contribution in [0.1, 0.15) is 17.0 Å². The Bertz CT molecular complexity index is 1320. The Morgan fingerprint density at radius 3 is 1.50 bits per heavy atom. The second-order valence-electron chi connectivity index (χ2n) is 8.24. The Hall–Kier alpha value is -3.99. The first-order valence-electron chi connectivity index (χ1n) is 11.3. The fourth-order valence-electron chi connectivity index (χ4n) is 4.64. The third kappa shape index (κ3) is 3.83. The van der Waals surface area contributed by atoms with Crippen LogP contribution in [0.15, 0.2) is 121 Å². The quantitative estimate of drug-likeness (QED) is 0.313. The van der Waals surface area contributed by atoms with E-state index in [1.807, 2.05) is 41.9 Å². The van der Waals surface area contributed by atoms with E-state index in [1.165, 1.54) is 15.9 Å². The van der Waals surface area contributed by atoms with Crippen LogP contribution in [0.2, 0.25) is 0 Å². The van der Waals surface area contributed by atoms with Gasteiger partial charge in [0.15, 0.2) is 0 Å². The summed E-state index contributed by atoms with van der Waals surface area (Å²) in [5.41, 5.74) is 3.34. The molecule has 1 heterocycles. The summed E-state index contributed by atoms with van der Waals surface area (Å²) in [6.07, 6.45) is 0.698. The lowest BCUT2D eigenvalue weighted by Crippen LogP contribution is -2.33. The van der Waals surface area contributed by atoms with E-state index in [4.69, 9.17) is 5.10 Å². The first kappa shape index (κ1) is 21.8. The summed E-state index contributed by atoms with van der Waals surface area (Å²) in [4.78, 5) is 0. The molecule has 5 aromatic rings. The molecule has 0 saturated carbocycles. The van der Waals surface area contributed by atoms with Gasteiger partial charge in [0.1, 0.15) is 46.7 Å². The van der Waals surface area contributed by atoms with Crippen LogP contribution in [0, 0.1) is 18.3 Å². The predicted octanol–water partition coefficient (Wildman–Crippen LogP) is 5.55. The lowest BCUT2D eigenvalue weighted by atomic mass is 10.2. The van der Waals surface area contributed by atoms with Crippen LogP contribution < -0.4 is 15.9 Å². The maximum absolute atomic E-state index is 10.2. The van der Waals surface area contributed by atoms with Gasteiger partial charge in [-0.25, -0.2) is 4.68 Å². The number of nitrogens with zero attached hydrogens (tertiary/aromatic N) is 3. The molecule has 164 valence electrons. The van der Waals surface area contributed by atoms with E-state index in [0.29, 0.717) is 11.7 Å². The van der Waals surface area contributed by atoms with Gasteiger partial charge in [-0.1, -0.05) is 72.8 Å². The number of para-hydroxylation sites is 1. The highest BCUT2D eigenvalue weighted by Gasteiger charge is 2.47. The van der Waals surface area contributed by atoms with E-state index in [-0.39, 0.29) is 0 Å². The lowest BCUT2D eigenvalue weighted by molar-refractivity contribution is 0.827. The first-order chi connectivity index (χ1) is 16.7. The van der Waals surface area contributed by atoms with Crippen LogP contribution >= 0.6 is 7.26 Å². The molecule has 3 nitrogen and oxygen atoms in total. The van der Waals surface area contributed by atoms with Crippen molar-refractivity contribution in [3.05, 3.63) is 138 Å². The summed E-state index contributed by atoms with van der Waals surface area (Å²) in [6.45, 7) is 1.93. The van der Waals surface area contributed by atoms with Crippen molar-refractivity contribution < 1.29 is 0 Å². The van der Waals surface area contributed by atoms with Crippen LogP contribution in [-0.4, -0.2) is 9.78 Å². The molecule has 0 bridgehead atoms. The highest BCUT2D eigenvalue weighted by molar-refractivity contribution is 7.95. The van der Waals surface area contributed by atoms with Crippen molar-refractivity contribution in [3.8, 4) is 11.8 Å². The number of aromatic nitrogens is 2. The van der Waals surface area contributed by atoms with Gasteiger partial charge in [0.25, 0.3) is 0 Å². The van der Waals surface area contributed by atoms with Crippen molar-refractivity contribution >= 4 is 23.2 Å². The zero-order valence-electron chi connectivity index (χ0n) is 19.0. The van der Waals surface area contributed by atoms with Gasteiger partial charge in [0.05, 0.1) is 11.4 Å². The molecule has 0 N–H and O–H groups in total. The topological polar surface area (TPSA) is 41.6 Å². The van der Waals surface area contributed by atoms with Crippen LogP contribution in [0.5, 0.6) is 0 Å². The third-order valence-electron chi connectivity index (χ3n) is 6.25. The smallest absolute Gasteiger partial charge is 0.118 e. The first-order valence-corrected chi connectivity index (χ1v) is 13.3. The number of benzene rings is 4. The molecule has 0 atom stereocenters. The largest absolute Gasteiger partial charge is 0.232 e. The number of aryl methyl sites for hydroxylation is 1. The molecular weight excluding hydrogens is 433 g/mol. The Balaban J connectivity index is 1.83. The molecule has 0 aliphatic carbocycles. The normalized spacial score (nSPS) is 11.2. The standard InChI is InChI=1S/C30H25N3P/c1-24-29(22-31)30(33(32-24)25-14-6-2-7-15-25)23-34(26-16-8-3-9-17-26,27-18-10-4-11-19-27)28-20-12-5-13-21-28/h2-21H,23H2,1H3/q+1. The van der Waals surface area contributed by atoms with Gasteiger partial charge in [0.2, 0.25) is 0 Å². The molecule has 34 heavy (non-hydrogen) atoms. The summed E-state index contributed by atoms with van der Waals surface area (Å²) >= 11 is 0. The van der Waals surface area contributed by atoms with Crippen molar-refractivity contribution in [1.82, 2.24) is 9.78 Å². The molecule has 0 radical (unpaired) electrons. The van der Waals surface area contributed by atoms with Gasteiger partial charge >= 0.3 is 0 Å². The molecule has 1 aromatic heterocycles. The summed E-state index contributed by atoms with van der Waals surface area (Å²) in [6, 6.07) is 44.8. The minimum atomic E-state index is -2.16. The minimum Gasteiger partial charge on any atom is -0.232 e. The Morgan fingerprint density at radius 2 is 1.09 bits per heavy atom. The number of hydrogen-bond acceptors (Lipinski definition) is 2. The average molecular weight is 459 g/mol. The average Bonchev–Trinajstić information content (AvgIpc) is 3.23. The van der Waals surface area contributed by atoms with Crippen molar-refractivity contribution in [3.63, 3.8) is 0 Å². The Morgan fingerprint density at radius 1 is 0.676 bits per heavy atom.